The molecule has 0 radical (unpaired) electrons. The van der Waals surface area contributed by atoms with Gasteiger partial charge in [0, 0.05) is 23.4 Å². The van der Waals surface area contributed by atoms with Gasteiger partial charge in [0.25, 0.3) is 0 Å². The monoisotopic (exact) mass is 286 g/mol. The Morgan fingerprint density at radius 3 is 2.90 bits per heavy atom. The number of nitrogens with one attached hydrogen (secondary N) is 1. The highest BCUT2D eigenvalue weighted by Crippen LogP contribution is 2.35. The Balaban J connectivity index is 1.97. The van der Waals surface area contributed by atoms with E-state index >= 15 is 0 Å². The van der Waals surface area contributed by atoms with Gasteiger partial charge in [-0.25, -0.2) is 4.98 Å². The fourth-order valence-electron chi connectivity index (χ4n) is 2.25. The van der Waals surface area contributed by atoms with E-state index in [1.807, 2.05) is 25.1 Å². The molecule has 4 heteroatoms. The van der Waals surface area contributed by atoms with Crippen LogP contribution in [0.1, 0.15) is 25.3 Å². The van der Waals surface area contributed by atoms with Crippen LogP contribution in [0.3, 0.4) is 0 Å². The van der Waals surface area contributed by atoms with Gasteiger partial charge in [-0.3, -0.25) is 0 Å². The van der Waals surface area contributed by atoms with E-state index in [-0.39, 0.29) is 0 Å². The van der Waals surface area contributed by atoms with Gasteiger partial charge in [-0.15, -0.1) is 11.3 Å². The molecule has 0 aliphatic rings. The van der Waals surface area contributed by atoms with E-state index in [9.17, 15) is 0 Å². The van der Waals surface area contributed by atoms with E-state index in [1.54, 1.807) is 11.3 Å². The summed E-state index contributed by atoms with van der Waals surface area (Å²) in [4.78, 5) is 4.73. The quantitative estimate of drug-likeness (QED) is 0.774. The van der Waals surface area contributed by atoms with Crippen molar-refractivity contribution >= 4 is 22.3 Å². The Bertz CT molecular complexity index is 727. The van der Waals surface area contributed by atoms with E-state index in [1.165, 1.54) is 0 Å². The highest BCUT2D eigenvalue weighted by atomic mass is 32.1. The van der Waals surface area contributed by atoms with Crippen LogP contribution in [0.25, 0.3) is 21.5 Å². The van der Waals surface area contributed by atoms with Crippen LogP contribution in [-0.2, 0) is 6.54 Å². The van der Waals surface area contributed by atoms with Crippen molar-refractivity contribution in [2.75, 3.05) is 0 Å². The summed E-state index contributed by atoms with van der Waals surface area (Å²) in [5.41, 5.74) is 3.14. The van der Waals surface area contributed by atoms with Gasteiger partial charge in [-0.2, -0.15) is 0 Å². The van der Waals surface area contributed by atoms with Crippen LogP contribution < -0.4 is 5.32 Å². The van der Waals surface area contributed by atoms with Crippen LogP contribution in [0.2, 0.25) is 0 Å². The highest BCUT2D eigenvalue weighted by molar-refractivity contribution is 7.13. The van der Waals surface area contributed by atoms with Crippen molar-refractivity contribution in [3.63, 3.8) is 0 Å². The van der Waals surface area contributed by atoms with Gasteiger partial charge in [0.15, 0.2) is 0 Å². The minimum atomic E-state index is 0.469. The zero-order valence-electron chi connectivity index (χ0n) is 11.9. The smallest absolute Gasteiger partial charge is 0.135 e. The van der Waals surface area contributed by atoms with Crippen molar-refractivity contribution in [2.24, 2.45) is 0 Å². The number of furan rings is 1. The van der Waals surface area contributed by atoms with Crippen molar-refractivity contribution in [3.8, 4) is 10.6 Å². The molecule has 0 spiro atoms. The maximum atomic E-state index is 5.81. The van der Waals surface area contributed by atoms with Gasteiger partial charge >= 0.3 is 0 Å². The van der Waals surface area contributed by atoms with Crippen LogP contribution in [0.4, 0.5) is 0 Å². The SMILES string of the molecule is Cc1oc2ccccc2c1-c1nc(CNC(C)C)cs1. The Morgan fingerprint density at radius 1 is 1.30 bits per heavy atom. The Kier molecular flexibility index (Phi) is 3.59. The van der Waals surface area contributed by atoms with Crippen LogP contribution in [0.5, 0.6) is 0 Å². The number of benzene rings is 1. The second kappa shape index (κ2) is 5.38. The molecule has 0 unspecified atom stereocenters. The topological polar surface area (TPSA) is 38.1 Å². The third kappa shape index (κ3) is 2.49. The first-order valence-corrected chi connectivity index (χ1v) is 7.69. The number of para-hydroxylation sites is 1. The summed E-state index contributed by atoms with van der Waals surface area (Å²) < 4.78 is 5.81. The summed E-state index contributed by atoms with van der Waals surface area (Å²) in [6.45, 7) is 7.09. The lowest BCUT2D eigenvalue weighted by Crippen LogP contribution is -2.21. The molecule has 0 fully saturated rings. The summed E-state index contributed by atoms with van der Waals surface area (Å²) in [7, 11) is 0. The van der Waals surface area contributed by atoms with E-state index in [0.29, 0.717) is 6.04 Å². The van der Waals surface area contributed by atoms with Gasteiger partial charge in [0.1, 0.15) is 16.4 Å². The average molecular weight is 286 g/mol. The van der Waals surface area contributed by atoms with Crippen LogP contribution in [0.15, 0.2) is 34.1 Å². The Labute approximate surface area is 122 Å². The largest absolute Gasteiger partial charge is 0.461 e. The van der Waals surface area contributed by atoms with Gasteiger partial charge < -0.3 is 9.73 Å². The van der Waals surface area contributed by atoms with Crippen molar-refractivity contribution in [1.82, 2.24) is 10.3 Å². The molecule has 2 aromatic heterocycles. The fraction of sp³-hybridized carbons (Fsp3) is 0.312. The minimum Gasteiger partial charge on any atom is -0.461 e. The summed E-state index contributed by atoms with van der Waals surface area (Å²) in [6.07, 6.45) is 0. The van der Waals surface area contributed by atoms with Gasteiger partial charge in [-0.1, -0.05) is 32.0 Å². The molecule has 3 rings (SSSR count). The first-order chi connectivity index (χ1) is 9.65. The summed E-state index contributed by atoms with van der Waals surface area (Å²) in [5, 5.41) is 7.69. The first kappa shape index (κ1) is 13.3. The van der Waals surface area contributed by atoms with E-state index in [0.717, 1.165) is 39.5 Å². The van der Waals surface area contributed by atoms with E-state index in [2.05, 4.69) is 30.6 Å². The second-order valence-corrected chi connectivity index (χ2v) is 6.07. The number of hydrogen-bond donors (Lipinski definition) is 1. The third-order valence-corrected chi connectivity index (χ3v) is 4.14. The zero-order valence-corrected chi connectivity index (χ0v) is 12.8. The predicted octanol–water partition coefficient (Wildman–Crippen LogP) is 4.36. The number of nitrogens with zero attached hydrogens (tertiary/aromatic N) is 1. The first-order valence-electron chi connectivity index (χ1n) is 6.81. The molecule has 1 N–H and O–H groups in total. The van der Waals surface area contributed by atoms with Crippen LogP contribution in [-0.4, -0.2) is 11.0 Å². The van der Waals surface area contributed by atoms with E-state index in [4.69, 9.17) is 9.40 Å². The number of aromatic nitrogens is 1. The van der Waals surface area contributed by atoms with E-state index < -0.39 is 0 Å². The molecule has 0 aliphatic heterocycles. The molecule has 0 bridgehead atoms. The number of thiazole rings is 1. The lowest BCUT2D eigenvalue weighted by molar-refractivity contribution is 0.579. The predicted molar refractivity (Wildman–Crippen MR) is 84.0 cm³/mol. The second-order valence-electron chi connectivity index (χ2n) is 5.21. The summed E-state index contributed by atoms with van der Waals surface area (Å²) in [5.74, 6) is 0.934. The lowest BCUT2D eigenvalue weighted by atomic mass is 10.1. The van der Waals surface area contributed by atoms with Crippen molar-refractivity contribution in [1.29, 1.82) is 0 Å². The maximum Gasteiger partial charge on any atom is 0.135 e. The normalized spacial score (nSPS) is 11.6. The summed E-state index contributed by atoms with van der Waals surface area (Å²) in [6, 6.07) is 8.59. The zero-order chi connectivity index (χ0) is 14.1. The molecular formula is C16H18N2OS. The van der Waals surface area contributed by atoms with Gasteiger partial charge in [0.05, 0.1) is 11.3 Å². The summed E-state index contributed by atoms with van der Waals surface area (Å²) >= 11 is 1.68. The van der Waals surface area contributed by atoms with Crippen LogP contribution >= 0.6 is 11.3 Å². The number of hydrogen-bond acceptors (Lipinski definition) is 4. The molecular weight excluding hydrogens is 268 g/mol. The molecule has 3 aromatic rings. The molecule has 0 saturated heterocycles. The van der Waals surface area contributed by atoms with Crippen LogP contribution in [0, 0.1) is 6.92 Å². The van der Waals surface area contributed by atoms with Crippen molar-refractivity contribution in [3.05, 3.63) is 41.1 Å². The standard InChI is InChI=1S/C16H18N2OS/c1-10(2)17-8-12-9-20-16(18-12)15-11(3)19-14-7-5-4-6-13(14)15/h4-7,9-10,17H,8H2,1-3H3. The number of aryl methyl sites for hydroxylation is 1. The Morgan fingerprint density at radius 2 is 2.10 bits per heavy atom. The van der Waals surface area contributed by atoms with Gasteiger partial charge in [0.2, 0.25) is 0 Å². The molecule has 0 aliphatic carbocycles. The molecule has 104 valence electrons. The average Bonchev–Trinajstić information content (AvgIpc) is 2.99. The highest BCUT2D eigenvalue weighted by Gasteiger charge is 2.15. The van der Waals surface area contributed by atoms with Crippen molar-refractivity contribution in [2.45, 2.75) is 33.4 Å². The molecule has 0 amide bonds. The molecule has 3 nitrogen and oxygen atoms in total. The Hall–Kier alpha value is -1.65. The third-order valence-electron chi connectivity index (χ3n) is 3.23. The number of fused-ring (bicyclic) bond motifs is 1. The molecule has 0 saturated carbocycles. The molecule has 0 atom stereocenters. The lowest BCUT2D eigenvalue weighted by Gasteiger charge is -2.04. The minimum absolute atomic E-state index is 0.469. The molecule has 2 heterocycles. The van der Waals surface area contributed by atoms with Gasteiger partial charge in [-0.05, 0) is 13.0 Å². The number of rotatable bonds is 4. The van der Waals surface area contributed by atoms with Crippen molar-refractivity contribution < 1.29 is 4.42 Å². The fourth-order valence-corrected chi connectivity index (χ4v) is 3.17. The molecule has 20 heavy (non-hydrogen) atoms. The molecule has 1 aromatic carbocycles. The maximum absolute atomic E-state index is 5.81.